The molecular formula is C29H27ClN6S2. The van der Waals surface area contributed by atoms with Crippen LogP contribution >= 0.6 is 34.7 Å². The van der Waals surface area contributed by atoms with Gasteiger partial charge in [-0.15, -0.1) is 11.3 Å². The monoisotopic (exact) mass is 558 g/mol. The van der Waals surface area contributed by atoms with Crippen LogP contribution in [0.3, 0.4) is 0 Å². The number of pyridine rings is 1. The lowest BCUT2D eigenvalue weighted by Gasteiger charge is -2.17. The summed E-state index contributed by atoms with van der Waals surface area (Å²) in [5, 5.41) is 14.7. The van der Waals surface area contributed by atoms with Gasteiger partial charge in [-0.1, -0.05) is 61.5 Å². The van der Waals surface area contributed by atoms with Crippen molar-refractivity contribution in [1.29, 1.82) is 5.26 Å². The van der Waals surface area contributed by atoms with Crippen LogP contribution in [0.2, 0.25) is 5.02 Å². The molecule has 1 N–H and O–H groups in total. The lowest BCUT2D eigenvalue weighted by molar-refractivity contribution is 0.296. The molecule has 0 spiro atoms. The first-order valence-electron chi connectivity index (χ1n) is 12.3. The number of rotatable bonds is 9. The fraction of sp³-hybridized carbons (Fsp3) is 0.207. The van der Waals surface area contributed by atoms with E-state index < -0.39 is 0 Å². The number of imidazole rings is 1. The maximum Gasteiger partial charge on any atom is 0.172 e. The maximum atomic E-state index is 9.82. The third-order valence-electron chi connectivity index (χ3n) is 6.38. The quantitative estimate of drug-likeness (QED) is 0.198. The molecule has 9 heteroatoms. The van der Waals surface area contributed by atoms with Gasteiger partial charge in [0.05, 0.1) is 26.5 Å². The Kier molecular flexibility index (Phi) is 8.01. The van der Waals surface area contributed by atoms with E-state index in [9.17, 15) is 5.26 Å². The predicted octanol–water partition coefficient (Wildman–Crippen LogP) is 7.96. The number of aromatic nitrogens is 3. The molecule has 0 amide bonds. The molecular weight excluding hydrogens is 532 g/mol. The van der Waals surface area contributed by atoms with Crippen LogP contribution in [0, 0.1) is 11.3 Å². The van der Waals surface area contributed by atoms with Crippen LogP contribution in [0.15, 0.2) is 77.2 Å². The molecule has 0 unspecified atom stereocenters. The number of nitriles is 1. The fourth-order valence-corrected chi connectivity index (χ4v) is 6.39. The van der Waals surface area contributed by atoms with Crippen molar-refractivity contribution in [3.8, 4) is 16.5 Å². The van der Waals surface area contributed by atoms with E-state index in [1.165, 1.54) is 17.3 Å². The number of halogens is 1. The molecule has 0 bridgehead atoms. The van der Waals surface area contributed by atoms with Crippen molar-refractivity contribution in [1.82, 2.24) is 19.4 Å². The standard InChI is InChI=1S/C29H27ClN6S2/c1-4-36(5-2)18-19-6-8-20(9-7-19)26-15-24-28(37-26)27(21(16-31)17-33-24)34-22-10-11-25(23(30)14-22)38-29-32-12-13-35(29)3/h6-15,17H,4-5,18H2,1-3H3,(H,33,34). The summed E-state index contributed by atoms with van der Waals surface area (Å²) in [5.74, 6) is 0. The molecule has 0 radical (unpaired) electrons. The average Bonchev–Trinajstić information content (AvgIpc) is 3.55. The lowest BCUT2D eigenvalue weighted by Crippen LogP contribution is -2.21. The minimum absolute atomic E-state index is 0.489. The van der Waals surface area contributed by atoms with E-state index in [1.54, 1.807) is 23.7 Å². The van der Waals surface area contributed by atoms with Gasteiger partial charge in [-0.2, -0.15) is 5.26 Å². The highest BCUT2D eigenvalue weighted by Crippen LogP contribution is 2.40. The van der Waals surface area contributed by atoms with Crippen molar-refractivity contribution < 1.29 is 0 Å². The first kappa shape index (κ1) is 26.3. The number of fused-ring (bicyclic) bond motifs is 1. The van der Waals surface area contributed by atoms with E-state index in [4.69, 9.17) is 11.6 Å². The van der Waals surface area contributed by atoms with Crippen LogP contribution in [0.4, 0.5) is 11.4 Å². The molecule has 3 heterocycles. The number of nitrogens with one attached hydrogen (secondary N) is 1. The highest BCUT2D eigenvalue weighted by molar-refractivity contribution is 7.99. The van der Waals surface area contributed by atoms with Crippen molar-refractivity contribution in [3.05, 3.63) is 83.3 Å². The van der Waals surface area contributed by atoms with Crippen LogP contribution in [0.25, 0.3) is 20.7 Å². The van der Waals surface area contributed by atoms with Crippen molar-refractivity contribution in [2.24, 2.45) is 7.05 Å². The van der Waals surface area contributed by atoms with Crippen molar-refractivity contribution in [2.75, 3.05) is 18.4 Å². The molecule has 5 aromatic rings. The number of anilines is 2. The molecule has 2 aromatic carbocycles. The third kappa shape index (κ3) is 5.57. The number of hydrogen-bond donors (Lipinski definition) is 1. The Balaban J connectivity index is 1.43. The van der Waals surface area contributed by atoms with Crippen LogP contribution in [0.5, 0.6) is 0 Å². The topological polar surface area (TPSA) is 69.8 Å². The molecule has 6 nitrogen and oxygen atoms in total. The van der Waals surface area contributed by atoms with Crippen molar-refractivity contribution >= 4 is 56.3 Å². The van der Waals surface area contributed by atoms with Crippen LogP contribution < -0.4 is 5.32 Å². The predicted molar refractivity (Wildman–Crippen MR) is 158 cm³/mol. The molecule has 0 saturated carbocycles. The largest absolute Gasteiger partial charge is 0.353 e. The first-order chi connectivity index (χ1) is 18.5. The molecule has 0 atom stereocenters. The summed E-state index contributed by atoms with van der Waals surface area (Å²) in [4.78, 5) is 13.3. The van der Waals surface area contributed by atoms with Crippen LogP contribution in [0.1, 0.15) is 25.0 Å². The second-order valence-corrected chi connectivity index (χ2v) is 11.3. The molecule has 0 aliphatic heterocycles. The SMILES string of the molecule is CCN(CC)Cc1ccc(-c2cc3ncc(C#N)c(Nc4ccc(Sc5nccn5C)c(Cl)c4)c3s2)cc1. The van der Waals surface area contributed by atoms with Gasteiger partial charge in [0.15, 0.2) is 5.16 Å². The molecule has 0 aliphatic carbocycles. The van der Waals surface area contributed by atoms with Crippen LogP contribution in [-0.2, 0) is 13.6 Å². The van der Waals surface area contributed by atoms with E-state index in [0.29, 0.717) is 10.6 Å². The van der Waals surface area contributed by atoms with E-state index in [0.717, 1.165) is 61.7 Å². The Labute approximate surface area is 235 Å². The molecule has 192 valence electrons. The summed E-state index contributed by atoms with van der Waals surface area (Å²) < 4.78 is 2.89. The Hall–Kier alpha value is -3.35. The summed E-state index contributed by atoms with van der Waals surface area (Å²) >= 11 is 9.77. The average molecular weight is 559 g/mol. The van der Waals surface area contributed by atoms with Gasteiger partial charge in [0.2, 0.25) is 0 Å². The number of aryl methyl sites for hydroxylation is 1. The maximum absolute atomic E-state index is 9.82. The molecule has 38 heavy (non-hydrogen) atoms. The minimum atomic E-state index is 0.489. The van der Waals surface area contributed by atoms with Gasteiger partial charge in [-0.25, -0.2) is 4.98 Å². The summed E-state index contributed by atoms with van der Waals surface area (Å²) in [6.07, 6.45) is 5.29. The second kappa shape index (κ2) is 11.6. The normalized spacial score (nSPS) is 11.3. The van der Waals surface area contributed by atoms with Gasteiger partial charge in [0, 0.05) is 47.6 Å². The van der Waals surface area contributed by atoms with E-state index in [2.05, 4.69) is 70.4 Å². The molecule has 5 rings (SSSR count). The Morgan fingerprint density at radius 1 is 1.11 bits per heavy atom. The fourth-order valence-electron chi connectivity index (χ4n) is 4.16. The molecule has 3 aromatic heterocycles. The highest BCUT2D eigenvalue weighted by Gasteiger charge is 2.15. The van der Waals surface area contributed by atoms with E-state index in [1.807, 2.05) is 36.0 Å². The highest BCUT2D eigenvalue weighted by atomic mass is 35.5. The van der Waals surface area contributed by atoms with Crippen molar-refractivity contribution in [3.63, 3.8) is 0 Å². The van der Waals surface area contributed by atoms with E-state index in [-0.39, 0.29) is 0 Å². The summed E-state index contributed by atoms with van der Waals surface area (Å²) in [6.45, 7) is 7.39. The summed E-state index contributed by atoms with van der Waals surface area (Å²) in [6, 6.07) is 18.9. The van der Waals surface area contributed by atoms with Gasteiger partial charge >= 0.3 is 0 Å². The van der Waals surface area contributed by atoms with Gasteiger partial charge in [-0.05, 0) is 48.5 Å². The minimum Gasteiger partial charge on any atom is -0.353 e. The van der Waals surface area contributed by atoms with Gasteiger partial charge in [0.1, 0.15) is 6.07 Å². The Morgan fingerprint density at radius 2 is 1.89 bits per heavy atom. The van der Waals surface area contributed by atoms with Gasteiger partial charge in [0.25, 0.3) is 0 Å². The molecule has 0 saturated heterocycles. The molecule has 0 aliphatic rings. The Bertz CT molecular complexity index is 1610. The Morgan fingerprint density at radius 3 is 2.55 bits per heavy atom. The summed E-state index contributed by atoms with van der Waals surface area (Å²) in [7, 11) is 1.95. The summed E-state index contributed by atoms with van der Waals surface area (Å²) in [5.41, 5.74) is 5.33. The number of benzene rings is 2. The van der Waals surface area contributed by atoms with E-state index >= 15 is 0 Å². The number of hydrogen-bond acceptors (Lipinski definition) is 7. The van der Waals surface area contributed by atoms with Gasteiger partial charge < -0.3 is 9.88 Å². The third-order valence-corrected chi connectivity index (χ3v) is 9.15. The van der Waals surface area contributed by atoms with Gasteiger partial charge in [-0.3, -0.25) is 9.88 Å². The number of thiophene rings is 1. The lowest BCUT2D eigenvalue weighted by atomic mass is 10.1. The zero-order valence-electron chi connectivity index (χ0n) is 21.4. The molecule has 0 fully saturated rings. The zero-order valence-corrected chi connectivity index (χ0v) is 23.8. The van der Waals surface area contributed by atoms with Crippen LogP contribution in [-0.4, -0.2) is 32.5 Å². The zero-order chi connectivity index (χ0) is 26.6. The smallest absolute Gasteiger partial charge is 0.172 e. The van der Waals surface area contributed by atoms with Crippen molar-refractivity contribution in [2.45, 2.75) is 30.4 Å². The first-order valence-corrected chi connectivity index (χ1v) is 14.4. The number of nitrogens with zero attached hydrogens (tertiary/aromatic N) is 5. The second-order valence-electron chi connectivity index (χ2n) is 8.83.